The van der Waals surface area contributed by atoms with E-state index in [4.69, 9.17) is 5.73 Å². The van der Waals surface area contributed by atoms with Crippen LogP contribution in [0.1, 0.15) is 10.4 Å². The fourth-order valence-electron chi connectivity index (χ4n) is 1.53. The minimum Gasteiger partial charge on any atom is -0.398 e. The number of carbonyl (C=O) groups is 1. The average molecular weight is 273 g/mol. The SMILES string of the molecule is CN(C)C(=O)c1ccc(N)c(Sc2ccccn2)c1. The molecule has 0 unspecified atom stereocenters. The largest absolute Gasteiger partial charge is 0.398 e. The molecular formula is C14H15N3OS. The lowest BCUT2D eigenvalue weighted by atomic mass is 10.2. The third-order valence-electron chi connectivity index (χ3n) is 2.52. The Morgan fingerprint density at radius 2 is 2.05 bits per heavy atom. The molecule has 0 atom stereocenters. The Kier molecular flexibility index (Phi) is 4.06. The van der Waals surface area contributed by atoms with Crippen molar-refractivity contribution < 1.29 is 4.79 Å². The second-order valence-electron chi connectivity index (χ2n) is 4.22. The number of aromatic nitrogens is 1. The van der Waals surface area contributed by atoms with Crippen molar-refractivity contribution in [2.75, 3.05) is 19.8 Å². The third-order valence-corrected chi connectivity index (χ3v) is 3.54. The van der Waals surface area contributed by atoms with Crippen molar-refractivity contribution in [1.29, 1.82) is 0 Å². The summed E-state index contributed by atoms with van der Waals surface area (Å²) in [4.78, 5) is 18.5. The normalized spacial score (nSPS) is 10.2. The Bertz CT molecular complexity index is 584. The van der Waals surface area contributed by atoms with Crippen molar-refractivity contribution in [1.82, 2.24) is 9.88 Å². The Hall–Kier alpha value is -2.01. The number of hydrogen-bond donors (Lipinski definition) is 1. The van der Waals surface area contributed by atoms with Crippen LogP contribution < -0.4 is 5.73 Å². The van der Waals surface area contributed by atoms with E-state index in [1.807, 2.05) is 18.2 Å². The van der Waals surface area contributed by atoms with Crippen LogP contribution in [0.3, 0.4) is 0 Å². The molecule has 0 radical (unpaired) electrons. The number of amides is 1. The lowest BCUT2D eigenvalue weighted by Crippen LogP contribution is -2.21. The van der Waals surface area contributed by atoms with Crippen molar-refractivity contribution in [2.24, 2.45) is 0 Å². The van der Waals surface area contributed by atoms with Crippen LogP contribution in [0, 0.1) is 0 Å². The van der Waals surface area contributed by atoms with Gasteiger partial charge in [-0.1, -0.05) is 17.8 Å². The minimum atomic E-state index is -0.0390. The van der Waals surface area contributed by atoms with Crippen LogP contribution in [0.25, 0.3) is 0 Å². The van der Waals surface area contributed by atoms with Crippen LogP contribution in [-0.2, 0) is 0 Å². The fraction of sp³-hybridized carbons (Fsp3) is 0.143. The van der Waals surface area contributed by atoms with E-state index in [0.29, 0.717) is 11.3 Å². The second-order valence-corrected chi connectivity index (χ2v) is 5.28. The van der Waals surface area contributed by atoms with Crippen molar-refractivity contribution in [3.05, 3.63) is 48.2 Å². The van der Waals surface area contributed by atoms with E-state index in [1.54, 1.807) is 43.4 Å². The predicted octanol–water partition coefficient (Wildman–Crippen LogP) is 2.52. The third kappa shape index (κ3) is 3.26. The van der Waals surface area contributed by atoms with E-state index in [9.17, 15) is 4.79 Å². The standard InChI is InChI=1S/C14H15N3OS/c1-17(2)14(18)10-6-7-11(15)12(9-10)19-13-5-3-4-8-16-13/h3-9H,15H2,1-2H3. The zero-order valence-corrected chi connectivity index (χ0v) is 11.6. The van der Waals surface area contributed by atoms with Crippen LogP contribution >= 0.6 is 11.8 Å². The summed E-state index contributed by atoms with van der Waals surface area (Å²) in [6.07, 6.45) is 1.73. The van der Waals surface area contributed by atoms with Crippen LogP contribution in [0.5, 0.6) is 0 Å². The van der Waals surface area contributed by atoms with Gasteiger partial charge in [0.15, 0.2) is 0 Å². The highest BCUT2D eigenvalue weighted by molar-refractivity contribution is 7.99. The molecule has 5 heteroatoms. The molecule has 1 amide bonds. The van der Waals surface area contributed by atoms with Gasteiger partial charge in [-0.25, -0.2) is 4.98 Å². The molecule has 0 bridgehead atoms. The molecule has 0 aliphatic heterocycles. The zero-order valence-electron chi connectivity index (χ0n) is 10.8. The number of nitrogens with two attached hydrogens (primary N) is 1. The quantitative estimate of drug-likeness (QED) is 0.873. The van der Waals surface area contributed by atoms with E-state index in [0.717, 1.165) is 9.92 Å². The molecule has 2 aromatic rings. The predicted molar refractivity (Wildman–Crippen MR) is 77.2 cm³/mol. The van der Waals surface area contributed by atoms with Crippen LogP contribution in [0.2, 0.25) is 0 Å². The van der Waals surface area contributed by atoms with Crippen LogP contribution in [-0.4, -0.2) is 29.9 Å². The number of pyridine rings is 1. The molecule has 0 aliphatic rings. The molecule has 0 aliphatic carbocycles. The highest BCUT2D eigenvalue weighted by Crippen LogP contribution is 2.31. The van der Waals surface area contributed by atoms with Gasteiger partial charge in [-0.05, 0) is 30.3 Å². The van der Waals surface area contributed by atoms with E-state index in [1.165, 1.54) is 11.8 Å². The number of anilines is 1. The van der Waals surface area contributed by atoms with Crippen molar-refractivity contribution in [3.63, 3.8) is 0 Å². The molecule has 0 spiro atoms. The minimum absolute atomic E-state index is 0.0390. The summed E-state index contributed by atoms with van der Waals surface area (Å²) in [5.41, 5.74) is 7.21. The van der Waals surface area contributed by atoms with Crippen molar-refractivity contribution in [2.45, 2.75) is 9.92 Å². The lowest BCUT2D eigenvalue weighted by Gasteiger charge is -2.12. The first-order chi connectivity index (χ1) is 9.08. The highest BCUT2D eigenvalue weighted by atomic mass is 32.2. The lowest BCUT2D eigenvalue weighted by molar-refractivity contribution is 0.0827. The molecule has 0 saturated heterocycles. The van der Waals surface area contributed by atoms with E-state index < -0.39 is 0 Å². The van der Waals surface area contributed by atoms with Crippen molar-refractivity contribution in [3.8, 4) is 0 Å². The number of carbonyl (C=O) groups excluding carboxylic acids is 1. The highest BCUT2D eigenvalue weighted by Gasteiger charge is 2.11. The van der Waals surface area contributed by atoms with Crippen LogP contribution in [0.15, 0.2) is 52.5 Å². The summed E-state index contributed by atoms with van der Waals surface area (Å²) in [5, 5.41) is 0.851. The summed E-state index contributed by atoms with van der Waals surface area (Å²) >= 11 is 1.45. The van der Waals surface area contributed by atoms with Gasteiger partial charge < -0.3 is 10.6 Å². The van der Waals surface area contributed by atoms with Gasteiger partial charge in [0.25, 0.3) is 5.91 Å². The second kappa shape index (κ2) is 5.75. The number of hydrogen-bond acceptors (Lipinski definition) is 4. The van der Waals surface area contributed by atoms with Gasteiger partial charge in [-0.2, -0.15) is 0 Å². The van der Waals surface area contributed by atoms with E-state index in [2.05, 4.69) is 4.98 Å². The first kappa shape index (κ1) is 13.4. The Balaban J connectivity index is 2.30. The monoisotopic (exact) mass is 273 g/mol. The first-order valence-corrected chi connectivity index (χ1v) is 6.59. The summed E-state index contributed by atoms with van der Waals surface area (Å²) in [6.45, 7) is 0. The molecule has 2 rings (SSSR count). The fourth-order valence-corrected chi connectivity index (χ4v) is 2.39. The smallest absolute Gasteiger partial charge is 0.253 e. The van der Waals surface area contributed by atoms with Crippen LogP contribution in [0.4, 0.5) is 5.69 Å². The zero-order chi connectivity index (χ0) is 13.8. The maximum absolute atomic E-state index is 11.9. The maximum Gasteiger partial charge on any atom is 0.253 e. The topological polar surface area (TPSA) is 59.2 Å². The Morgan fingerprint density at radius 1 is 1.26 bits per heavy atom. The molecular weight excluding hydrogens is 258 g/mol. The van der Waals surface area contributed by atoms with Gasteiger partial charge in [0.2, 0.25) is 0 Å². The Morgan fingerprint density at radius 3 is 2.68 bits per heavy atom. The summed E-state index contributed by atoms with van der Waals surface area (Å²) in [6, 6.07) is 11.0. The molecule has 1 aromatic carbocycles. The maximum atomic E-state index is 11.9. The van der Waals surface area contributed by atoms with Gasteiger partial charge in [0, 0.05) is 36.4 Å². The molecule has 2 N–H and O–H groups in total. The van der Waals surface area contributed by atoms with Gasteiger partial charge in [-0.15, -0.1) is 0 Å². The molecule has 0 fully saturated rings. The van der Waals surface area contributed by atoms with Gasteiger partial charge in [0.05, 0.1) is 0 Å². The van der Waals surface area contributed by atoms with E-state index in [-0.39, 0.29) is 5.91 Å². The molecule has 98 valence electrons. The summed E-state index contributed by atoms with van der Waals surface area (Å²) in [5.74, 6) is -0.0390. The number of rotatable bonds is 3. The number of nitrogen functional groups attached to an aromatic ring is 1. The number of benzene rings is 1. The summed E-state index contributed by atoms with van der Waals surface area (Å²) in [7, 11) is 3.45. The molecule has 1 heterocycles. The van der Waals surface area contributed by atoms with Crippen molar-refractivity contribution >= 4 is 23.4 Å². The van der Waals surface area contributed by atoms with Gasteiger partial charge in [0.1, 0.15) is 5.03 Å². The Labute approximate surface area is 116 Å². The molecule has 4 nitrogen and oxygen atoms in total. The molecule has 1 aromatic heterocycles. The summed E-state index contributed by atoms with van der Waals surface area (Å²) < 4.78 is 0. The number of nitrogens with zero attached hydrogens (tertiary/aromatic N) is 2. The molecule has 0 saturated carbocycles. The average Bonchev–Trinajstić information content (AvgIpc) is 2.41. The molecule has 19 heavy (non-hydrogen) atoms. The first-order valence-electron chi connectivity index (χ1n) is 5.78. The van der Waals surface area contributed by atoms with Gasteiger partial charge >= 0.3 is 0 Å². The van der Waals surface area contributed by atoms with E-state index >= 15 is 0 Å². The van der Waals surface area contributed by atoms with Gasteiger partial charge in [-0.3, -0.25) is 4.79 Å².